The van der Waals surface area contributed by atoms with Gasteiger partial charge in [0.15, 0.2) is 0 Å². The fraction of sp³-hybridized carbons (Fsp3) is 0.250. The molecule has 84 valence electrons. The highest BCUT2D eigenvalue weighted by molar-refractivity contribution is 7.10. The Bertz CT molecular complexity index is 439. The molecule has 2 aromatic rings. The first kappa shape index (κ1) is 11.0. The summed E-state index contributed by atoms with van der Waals surface area (Å²) in [7, 11) is 0. The third-order valence-corrected chi connectivity index (χ3v) is 3.37. The maximum absolute atomic E-state index is 5.65. The molecule has 1 atom stereocenters. The standard InChI is InChI=1S/C12H15N3S/c1-2-9(10-5-4-8-16-10)14-12-7-3-6-11(13)15-12/h3-9H,2H2,1H3,(H3,13,14,15). The van der Waals surface area contributed by atoms with Gasteiger partial charge in [-0.05, 0) is 30.0 Å². The molecule has 16 heavy (non-hydrogen) atoms. The van der Waals surface area contributed by atoms with E-state index in [1.165, 1.54) is 4.88 Å². The van der Waals surface area contributed by atoms with E-state index in [1.807, 2.05) is 12.1 Å². The van der Waals surface area contributed by atoms with Gasteiger partial charge < -0.3 is 11.1 Å². The summed E-state index contributed by atoms with van der Waals surface area (Å²) >= 11 is 1.76. The zero-order valence-electron chi connectivity index (χ0n) is 9.18. The van der Waals surface area contributed by atoms with Crippen molar-refractivity contribution in [1.82, 2.24) is 4.98 Å². The van der Waals surface area contributed by atoms with Gasteiger partial charge in [-0.3, -0.25) is 0 Å². The van der Waals surface area contributed by atoms with E-state index < -0.39 is 0 Å². The second-order valence-electron chi connectivity index (χ2n) is 3.57. The Morgan fingerprint density at radius 3 is 2.88 bits per heavy atom. The summed E-state index contributed by atoms with van der Waals surface area (Å²) in [4.78, 5) is 5.57. The lowest BCUT2D eigenvalue weighted by atomic mass is 10.2. The van der Waals surface area contributed by atoms with E-state index >= 15 is 0 Å². The van der Waals surface area contributed by atoms with Gasteiger partial charge >= 0.3 is 0 Å². The van der Waals surface area contributed by atoms with E-state index in [1.54, 1.807) is 17.4 Å². The maximum atomic E-state index is 5.65. The molecule has 1 unspecified atom stereocenters. The Labute approximate surface area is 99.3 Å². The van der Waals surface area contributed by atoms with Crippen LogP contribution in [-0.2, 0) is 0 Å². The molecule has 3 N–H and O–H groups in total. The van der Waals surface area contributed by atoms with Crippen molar-refractivity contribution in [2.24, 2.45) is 0 Å². The van der Waals surface area contributed by atoms with E-state index in [0.717, 1.165) is 12.2 Å². The zero-order chi connectivity index (χ0) is 11.4. The molecule has 0 aliphatic heterocycles. The van der Waals surface area contributed by atoms with Crippen LogP contribution in [0.5, 0.6) is 0 Å². The van der Waals surface area contributed by atoms with Crippen LogP contribution in [0.15, 0.2) is 35.7 Å². The number of thiophene rings is 1. The molecule has 3 nitrogen and oxygen atoms in total. The number of pyridine rings is 1. The van der Waals surface area contributed by atoms with Crippen molar-refractivity contribution in [2.75, 3.05) is 11.1 Å². The lowest BCUT2D eigenvalue weighted by molar-refractivity contribution is 0.759. The Hall–Kier alpha value is -1.55. The van der Waals surface area contributed by atoms with Crippen LogP contribution in [0, 0.1) is 0 Å². The zero-order valence-corrected chi connectivity index (χ0v) is 10.00. The summed E-state index contributed by atoms with van der Waals surface area (Å²) in [5.41, 5.74) is 5.65. The smallest absolute Gasteiger partial charge is 0.128 e. The summed E-state index contributed by atoms with van der Waals surface area (Å²) in [5, 5.41) is 5.48. The molecule has 0 aromatic carbocycles. The quantitative estimate of drug-likeness (QED) is 0.852. The lowest BCUT2D eigenvalue weighted by Crippen LogP contribution is -2.09. The van der Waals surface area contributed by atoms with Crippen LogP contribution in [0.1, 0.15) is 24.3 Å². The Balaban J connectivity index is 2.13. The molecule has 4 heteroatoms. The van der Waals surface area contributed by atoms with Crippen molar-refractivity contribution in [2.45, 2.75) is 19.4 Å². The number of nitrogens with one attached hydrogen (secondary N) is 1. The van der Waals surface area contributed by atoms with Crippen molar-refractivity contribution < 1.29 is 0 Å². The first-order valence-electron chi connectivity index (χ1n) is 5.32. The fourth-order valence-electron chi connectivity index (χ4n) is 1.57. The minimum absolute atomic E-state index is 0.314. The SMILES string of the molecule is CCC(Nc1cccc(N)n1)c1cccs1. The van der Waals surface area contributed by atoms with Gasteiger partial charge in [-0.2, -0.15) is 0 Å². The minimum Gasteiger partial charge on any atom is -0.384 e. The van der Waals surface area contributed by atoms with Crippen molar-refractivity contribution in [1.29, 1.82) is 0 Å². The topological polar surface area (TPSA) is 50.9 Å². The molecule has 0 aliphatic carbocycles. The van der Waals surface area contributed by atoms with Crippen LogP contribution >= 0.6 is 11.3 Å². The van der Waals surface area contributed by atoms with Gasteiger partial charge in [-0.15, -0.1) is 11.3 Å². The number of nitrogens with two attached hydrogens (primary N) is 1. The molecular formula is C12H15N3S. The third kappa shape index (κ3) is 2.52. The second kappa shape index (κ2) is 4.99. The monoisotopic (exact) mass is 233 g/mol. The normalized spacial score (nSPS) is 12.3. The third-order valence-electron chi connectivity index (χ3n) is 2.39. The average Bonchev–Trinajstić information content (AvgIpc) is 2.79. The van der Waals surface area contributed by atoms with Gasteiger partial charge in [0.2, 0.25) is 0 Å². The molecular weight excluding hydrogens is 218 g/mol. The Morgan fingerprint density at radius 1 is 1.38 bits per heavy atom. The molecule has 0 fully saturated rings. The maximum Gasteiger partial charge on any atom is 0.128 e. The number of nitrogen functional groups attached to an aromatic ring is 1. The van der Waals surface area contributed by atoms with Gasteiger partial charge in [0, 0.05) is 4.88 Å². The fourth-order valence-corrected chi connectivity index (χ4v) is 2.44. The van der Waals surface area contributed by atoms with Gasteiger partial charge in [0.05, 0.1) is 6.04 Å². The van der Waals surface area contributed by atoms with Crippen LogP contribution in [0.3, 0.4) is 0 Å². The van der Waals surface area contributed by atoms with Gasteiger partial charge in [0.25, 0.3) is 0 Å². The summed E-state index contributed by atoms with van der Waals surface area (Å²) < 4.78 is 0. The molecule has 0 spiro atoms. The molecule has 0 radical (unpaired) electrons. The first-order chi connectivity index (χ1) is 7.79. The molecule has 2 heterocycles. The molecule has 0 aliphatic rings. The number of hydrogen-bond acceptors (Lipinski definition) is 4. The van der Waals surface area contributed by atoms with Crippen LogP contribution in [0.2, 0.25) is 0 Å². The Kier molecular flexibility index (Phi) is 3.41. The van der Waals surface area contributed by atoms with Crippen LogP contribution in [0.4, 0.5) is 11.6 Å². The molecule has 0 saturated carbocycles. The lowest BCUT2D eigenvalue weighted by Gasteiger charge is -2.16. The van der Waals surface area contributed by atoms with Crippen molar-refractivity contribution in [3.63, 3.8) is 0 Å². The number of hydrogen-bond donors (Lipinski definition) is 2. The largest absolute Gasteiger partial charge is 0.384 e. The highest BCUT2D eigenvalue weighted by atomic mass is 32.1. The highest BCUT2D eigenvalue weighted by Crippen LogP contribution is 2.25. The van der Waals surface area contributed by atoms with Gasteiger partial charge in [-0.1, -0.05) is 19.1 Å². The van der Waals surface area contributed by atoms with E-state index in [4.69, 9.17) is 5.73 Å². The van der Waals surface area contributed by atoms with Crippen LogP contribution < -0.4 is 11.1 Å². The number of nitrogens with zero attached hydrogens (tertiary/aromatic N) is 1. The summed E-state index contributed by atoms with van der Waals surface area (Å²) in [6.07, 6.45) is 1.02. The number of rotatable bonds is 4. The van der Waals surface area contributed by atoms with E-state index in [0.29, 0.717) is 11.9 Å². The van der Waals surface area contributed by atoms with E-state index in [9.17, 15) is 0 Å². The first-order valence-corrected chi connectivity index (χ1v) is 6.20. The predicted molar refractivity (Wildman–Crippen MR) is 69.6 cm³/mol. The molecule has 0 saturated heterocycles. The van der Waals surface area contributed by atoms with Crippen LogP contribution in [0.25, 0.3) is 0 Å². The summed E-state index contributed by atoms with van der Waals surface area (Å²) in [6, 6.07) is 10.2. The molecule has 2 aromatic heterocycles. The van der Waals surface area contributed by atoms with E-state index in [-0.39, 0.29) is 0 Å². The average molecular weight is 233 g/mol. The molecule has 0 bridgehead atoms. The number of anilines is 2. The molecule has 2 rings (SSSR count). The molecule has 0 amide bonds. The van der Waals surface area contributed by atoms with E-state index in [2.05, 4.69) is 34.7 Å². The van der Waals surface area contributed by atoms with Crippen molar-refractivity contribution >= 4 is 23.0 Å². The second-order valence-corrected chi connectivity index (χ2v) is 4.55. The van der Waals surface area contributed by atoms with Gasteiger partial charge in [0.1, 0.15) is 11.6 Å². The summed E-state index contributed by atoms with van der Waals surface area (Å²) in [5.74, 6) is 1.38. The Morgan fingerprint density at radius 2 is 2.25 bits per heavy atom. The van der Waals surface area contributed by atoms with Crippen molar-refractivity contribution in [3.05, 3.63) is 40.6 Å². The number of aromatic nitrogens is 1. The van der Waals surface area contributed by atoms with Crippen LogP contribution in [-0.4, -0.2) is 4.98 Å². The minimum atomic E-state index is 0.314. The van der Waals surface area contributed by atoms with Gasteiger partial charge in [-0.25, -0.2) is 4.98 Å². The summed E-state index contributed by atoms with van der Waals surface area (Å²) in [6.45, 7) is 2.16. The predicted octanol–water partition coefficient (Wildman–Crippen LogP) is 3.29. The highest BCUT2D eigenvalue weighted by Gasteiger charge is 2.10. The van der Waals surface area contributed by atoms with Crippen molar-refractivity contribution in [3.8, 4) is 0 Å².